The lowest BCUT2D eigenvalue weighted by molar-refractivity contribution is 0.503. The molecule has 1 rings (SSSR count). The van der Waals surface area contributed by atoms with E-state index in [0.717, 1.165) is 22.3 Å². The second-order valence-corrected chi connectivity index (χ2v) is 2.94. The van der Waals surface area contributed by atoms with E-state index in [1.807, 2.05) is 0 Å². The smallest absolute Gasteiger partial charge is 0.181 e. The Morgan fingerprint density at radius 3 is 3.10 bits per heavy atom. The van der Waals surface area contributed by atoms with Gasteiger partial charge < -0.3 is 10.2 Å². The van der Waals surface area contributed by atoms with Gasteiger partial charge in [0.1, 0.15) is 5.76 Å². The highest BCUT2D eigenvalue weighted by Gasteiger charge is 2.03. The van der Waals surface area contributed by atoms with E-state index in [1.54, 1.807) is 0 Å². The second-order valence-electron chi connectivity index (χ2n) is 1.87. The molecule has 0 aliphatic heterocycles. The highest BCUT2D eigenvalue weighted by Crippen LogP contribution is 2.07. The lowest BCUT2D eigenvalue weighted by Gasteiger charge is -1.92. The van der Waals surface area contributed by atoms with Gasteiger partial charge in [-0.25, -0.2) is 4.98 Å². The van der Waals surface area contributed by atoms with Gasteiger partial charge in [-0.1, -0.05) is 22.6 Å². The highest BCUT2D eigenvalue weighted by atomic mass is 127. The Morgan fingerprint density at radius 1 is 1.70 bits per heavy atom. The van der Waals surface area contributed by atoms with Crippen LogP contribution in [0.1, 0.15) is 11.5 Å². The predicted octanol–water partition coefficient (Wildman–Crippen LogP) is 1.11. The van der Waals surface area contributed by atoms with Gasteiger partial charge in [0.25, 0.3) is 0 Å². The second kappa shape index (κ2) is 3.92. The minimum absolute atomic E-state index is 0.450. The first-order chi connectivity index (χ1) is 4.88. The van der Waals surface area contributed by atoms with Gasteiger partial charge in [-0.15, -0.1) is 0 Å². The van der Waals surface area contributed by atoms with Crippen molar-refractivity contribution in [2.24, 2.45) is 5.73 Å². The van der Waals surface area contributed by atoms with Gasteiger partial charge in [0.05, 0.1) is 12.2 Å². The zero-order valence-electron chi connectivity index (χ0n) is 5.51. The summed E-state index contributed by atoms with van der Waals surface area (Å²) in [6.45, 7) is 0.450. The van der Waals surface area contributed by atoms with Crippen LogP contribution in [-0.4, -0.2) is 9.41 Å². The number of halogens is 1. The molecular weight excluding hydrogens is 243 g/mol. The minimum atomic E-state index is 0.450. The van der Waals surface area contributed by atoms with Crippen molar-refractivity contribution in [3.05, 3.63) is 17.8 Å². The van der Waals surface area contributed by atoms with Crippen LogP contribution in [0.4, 0.5) is 0 Å². The quantitative estimate of drug-likeness (QED) is 0.647. The Bertz CT molecular complexity index is 199. The fourth-order valence-corrected chi connectivity index (χ4v) is 1.26. The zero-order valence-corrected chi connectivity index (χ0v) is 7.67. The number of hydrogen-bond donors (Lipinski definition) is 1. The fraction of sp³-hybridized carbons (Fsp3) is 0.500. The summed E-state index contributed by atoms with van der Waals surface area (Å²) in [6, 6.07) is 0. The molecule has 2 N–H and O–H groups in total. The number of alkyl halides is 1. The van der Waals surface area contributed by atoms with Gasteiger partial charge in [-0.2, -0.15) is 0 Å². The van der Waals surface area contributed by atoms with Crippen LogP contribution >= 0.6 is 22.6 Å². The molecule has 0 fully saturated rings. The van der Waals surface area contributed by atoms with Gasteiger partial charge in [-0.3, -0.25) is 0 Å². The summed E-state index contributed by atoms with van der Waals surface area (Å²) in [5.41, 5.74) is 6.39. The van der Waals surface area contributed by atoms with Gasteiger partial charge in [0.2, 0.25) is 0 Å². The lowest BCUT2D eigenvalue weighted by Crippen LogP contribution is -1.99. The third-order valence-electron chi connectivity index (χ3n) is 1.24. The van der Waals surface area contributed by atoms with Crippen LogP contribution in [0.5, 0.6) is 0 Å². The first kappa shape index (κ1) is 8.00. The normalized spacial score (nSPS) is 10.2. The van der Waals surface area contributed by atoms with Crippen molar-refractivity contribution in [3.8, 4) is 0 Å². The third kappa shape index (κ3) is 1.69. The van der Waals surface area contributed by atoms with E-state index >= 15 is 0 Å². The van der Waals surface area contributed by atoms with E-state index < -0.39 is 0 Å². The van der Waals surface area contributed by atoms with Gasteiger partial charge in [0.15, 0.2) is 6.39 Å². The molecule has 0 radical (unpaired) electrons. The summed E-state index contributed by atoms with van der Waals surface area (Å²) in [7, 11) is 0. The Balaban J connectivity index is 2.70. The van der Waals surface area contributed by atoms with Crippen LogP contribution in [-0.2, 0) is 13.0 Å². The van der Waals surface area contributed by atoms with Crippen LogP contribution in [0.3, 0.4) is 0 Å². The van der Waals surface area contributed by atoms with E-state index in [2.05, 4.69) is 27.6 Å². The molecule has 4 heteroatoms. The fourth-order valence-electron chi connectivity index (χ4n) is 0.753. The molecule has 1 heterocycles. The van der Waals surface area contributed by atoms with Crippen LogP contribution in [0, 0.1) is 0 Å². The van der Waals surface area contributed by atoms with Crippen molar-refractivity contribution >= 4 is 22.6 Å². The van der Waals surface area contributed by atoms with E-state index in [-0.39, 0.29) is 0 Å². The van der Waals surface area contributed by atoms with Crippen molar-refractivity contribution < 1.29 is 4.42 Å². The summed E-state index contributed by atoms with van der Waals surface area (Å²) in [4.78, 5) is 4.03. The summed E-state index contributed by atoms with van der Waals surface area (Å²) >= 11 is 2.30. The standard InChI is InChI=1S/C6H9IN2O/c7-2-1-5-6(3-8)10-4-9-5/h4H,1-3,8H2. The SMILES string of the molecule is NCc1ocnc1CCI. The largest absolute Gasteiger partial charge is 0.447 e. The molecule has 0 atom stereocenters. The lowest BCUT2D eigenvalue weighted by atomic mass is 10.3. The van der Waals surface area contributed by atoms with Crippen molar-refractivity contribution in [3.63, 3.8) is 0 Å². The van der Waals surface area contributed by atoms with Gasteiger partial charge >= 0.3 is 0 Å². The number of nitrogens with zero attached hydrogens (tertiary/aromatic N) is 1. The Labute approximate surface area is 73.1 Å². The molecule has 0 amide bonds. The van der Waals surface area contributed by atoms with Crippen molar-refractivity contribution in [2.45, 2.75) is 13.0 Å². The Hall–Kier alpha value is -0.100. The number of nitrogens with two attached hydrogens (primary N) is 1. The molecule has 10 heavy (non-hydrogen) atoms. The molecule has 0 unspecified atom stereocenters. The summed E-state index contributed by atoms with van der Waals surface area (Å²) < 4.78 is 6.08. The van der Waals surface area contributed by atoms with E-state index in [1.165, 1.54) is 6.39 Å². The molecule has 0 aromatic carbocycles. The zero-order chi connectivity index (χ0) is 7.40. The summed E-state index contributed by atoms with van der Waals surface area (Å²) in [6.07, 6.45) is 2.40. The molecule has 0 saturated heterocycles. The van der Waals surface area contributed by atoms with Crippen LogP contribution < -0.4 is 5.73 Å². The maximum Gasteiger partial charge on any atom is 0.181 e. The third-order valence-corrected chi connectivity index (χ3v) is 1.78. The maximum absolute atomic E-state index is 5.39. The average molecular weight is 252 g/mol. The first-order valence-electron chi connectivity index (χ1n) is 3.05. The van der Waals surface area contributed by atoms with Crippen molar-refractivity contribution in [1.29, 1.82) is 0 Å². The molecule has 1 aromatic heterocycles. The summed E-state index contributed by atoms with van der Waals surface area (Å²) in [5, 5.41) is 0. The highest BCUT2D eigenvalue weighted by molar-refractivity contribution is 14.1. The van der Waals surface area contributed by atoms with Gasteiger partial charge in [0, 0.05) is 10.8 Å². The molecule has 3 nitrogen and oxygen atoms in total. The van der Waals surface area contributed by atoms with Crippen molar-refractivity contribution in [2.75, 3.05) is 4.43 Å². The first-order valence-corrected chi connectivity index (χ1v) is 4.58. The molecule has 0 aliphatic carbocycles. The molecular formula is C6H9IN2O. The number of oxazole rings is 1. The number of rotatable bonds is 3. The van der Waals surface area contributed by atoms with Crippen LogP contribution in [0.25, 0.3) is 0 Å². The maximum atomic E-state index is 5.39. The number of hydrogen-bond acceptors (Lipinski definition) is 3. The molecule has 0 saturated carbocycles. The molecule has 56 valence electrons. The predicted molar refractivity (Wildman–Crippen MR) is 47.0 cm³/mol. The monoisotopic (exact) mass is 252 g/mol. The van der Waals surface area contributed by atoms with Crippen LogP contribution in [0.15, 0.2) is 10.8 Å². The van der Waals surface area contributed by atoms with Crippen LogP contribution in [0.2, 0.25) is 0 Å². The number of aryl methyl sites for hydroxylation is 1. The minimum Gasteiger partial charge on any atom is -0.447 e. The van der Waals surface area contributed by atoms with E-state index in [0.29, 0.717) is 6.54 Å². The van der Waals surface area contributed by atoms with E-state index in [4.69, 9.17) is 10.2 Å². The van der Waals surface area contributed by atoms with Crippen molar-refractivity contribution in [1.82, 2.24) is 4.98 Å². The van der Waals surface area contributed by atoms with E-state index in [9.17, 15) is 0 Å². The Kier molecular flexibility index (Phi) is 3.14. The molecule has 0 bridgehead atoms. The molecule has 1 aromatic rings. The van der Waals surface area contributed by atoms with Gasteiger partial charge in [-0.05, 0) is 0 Å². The Morgan fingerprint density at radius 2 is 2.50 bits per heavy atom. The summed E-state index contributed by atoms with van der Waals surface area (Å²) in [5.74, 6) is 0.816. The molecule has 0 aliphatic rings. The topological polar surface area (TPSA) is 52.0 Å². The number of aromatic nitrogens is 1. The molecule has 0 spiro atoms. The average Bonchev–Trinajstić information content (AvgIpc) is 2.36.